The van der Waals surface area contributed by atoms with Crippen LogP contribution >= 0.6 is 0 Å². The first kappa shape index (κ1) is 29.9. The zero-order valence-electron chi connectivity index (χ0n) is 8.89. The van der Waals surface area contributed by atoms with Crippen LogP contribution < -0.4 is 0 Å². The molecular formula is C10H22Y-2. The van der Waals surface area contributed by atoms with Crippen LogP contribution in [0.1, 0.15) is 41.5 Å². The van der Waals surface area contributed by atoms with Crippen molar-refractivity contribution in [3.63, 3.8) is 0 Å². The number of hydrogen-bond acceptors (Lipinski definition) is 0. The van der Waals surface area contributed by atoms with Gasteiger partial charge in [0.2, 0.25) is 0 Å². The Kier molecular flexibility index (Phi) is 396. The van der Waals surface area contributed by atoms with E-state index < -0.39 is 0 Å². The van der Waals surface area contributed by atoms with Crippen molar-refractivity contribution in [1.82, 2.24) is 0 Å². The van der Waals surface area contributed by atoms with Crippen molar-refractivity contribution in [3.8, 4) is 0 Å². The van der Waals surface area contributed by atoms with Gasteiger partial charge in [0.15, 0.2) is 0 Å². The van der Waals surface area contributed by atoms with Gasteiger partial charge >= 0.3 is 0 Å². The van der Waals surface area contributed by atoms with Crippen LogP contribution in [0.25, 0.3) is 0 Å². The fraction of sp³-hybridized carbons (Fsp3) is 0.600. The molecule has 0 aliphatic heterocycles. The Morgan fingerprint density at radius 3 is 0.727 bits per heavy atom. The first-order valence-corrected chi connectivity index (χ1v) is 4.00. The van der Waals surface area contributed by atoms with Crippen molar-refractivity contribution in [2.45, 2.75) is 41.5 Å². The summed E-state index contributed by atoms with van der Waals surface area (Å²) in [6.07, 6.45) is 2.56. The normalized spacial score (nSPS) is 3.45. The summed E-state index contributed by atoms with van der Waals surface area (Å²) in [5.41, 5.74) is 0. The van der Waals surface area contributed by atoms with Crippen LogP contribution in [0.5, 0.6) is 0 Å². The molecule has 0 saturated heterocycles. The Bertz CT molecular complexity index is 25.9. The SMILES string of the molecule is CC.CC.CC.[CH-]=CC=[CH-].[Y]. The van der Waals surface area contributed by atoms with Crippen molar-refractivity contribution >= 4 is 0 Å². The van der Waals surface area contributed by atoms with Crippen LogP contribution in [0.15, 0.2) is 12.2 Å². The van der Waals surface area contributed by atoms with Gasteiger partial charge in [-0.25, -0.2) is 0 Å². The summed E-state index contributed by atoms with van der Waals surface area (Å²) in [5.74, 6) is 0. The van der Waals surface area contributed by atoms with Crippen molar-refractivity contribution < 1.29 is 32.7 Å². The maximum Gasteiger partial charge on any atom is 0 e. The first-order chi connectivity index (χ1) is 4.91. The fourth-order valence-corrected chi connectivity index (χ4v) is 0. The van der Waals surface area contributed by atoms with Gasteiger partial charge in [-0.2, -0.15) is 0 Å². The van der Waals surface area contributed by atoms with Gasteiger partial charge in [0.25, 0.3) is 0 Å². The Balaban J connectivity index is -0.0000000152. The van der Waals surface area contributed by atoms with E-state index in [1.54, 1.807) is 0 Å². The summed E-state index contributed by atoms with van der Waals surface area (Å²) in [7, 11) is 0. The van der Waals surface area contributed by atoms with Crippen molar-refractivity contribution in [3.05, 3.63) is 25.3 Å². The Morgan fingerprint density at radius 1 is 0.636 bits per heavy atom. The van der Waals surface area contributed by atoms with Crippen molar-refractivity contribution in [2.24, 2.45) is 0 Å². The van der Waals surface area contributed by atoms with Gasteiger partial charge in [0.1, 0.15) is 0 Å². The molecule has 0 unspecified atom stereocenters. The minimum absolute atomic E-state index is 0. The predicted octanol–water partition coefficient (Wildman–Crippen LogP) is 4.04. The minimum atomic E-state index is 0. The van der Waals surface area contributed by atoms with E-state index >= 15 is 0 Å². The molecule has 0 bridgehead atoms. The molecule has 0 aromatic heterocycles. The third kappa shape index (κ3) is 311. The first-order valence-electron chi connectivity index (χ1n) is 4.00. The van der Waals surface area contributed by atoms with E-state index in [1.807, 2.05) is 41.5 Å². The molecule has 0 aromatic carbocycles. The van der Waals surface area contributed by atoms with Crippen LogP contribution in [0, 0.1) is 13.2 Å². The van der Waals surface area contributed by atoms with E-state index in [4.69, 9.17) is 13.2 Å². The average molecular weight is 231 g/mol. The van der Waals surface area contributed by atoms with Gasteiger partial charge in [0, 0.05) is 32.7 Å². The maximum absolute atomic E-state index is 4.72. The summed E-state index contributed by atoms with van der Waals surface area (Å²) in [6, 6.07) is 0. The molecule has 0 N–H and O–H groups in total. The third-order valence-electron chi connectivity index (χ3n) is 0.111. The Hall–Kier alpha value is 0.584. The Labute approximate surface area is 99.0 Å². The summed E-state index contributed by atoms with van der Waals surface area (Å²) in [5, 5.41) is 0. The molecule has 0 atom stereocenters. The molecular weight excluding hydrogens is 209 g/mol. The van der Waals surface area contributed by atoms with E-state index in [1.165, 1.54) is 12.2 Å². The maximum atomic E-state index is 4.72. The molecule has 1 heteroatoms. The number of hydrogen-bond donors (Lipinski definition) is 0. The molecule has 0 spiro atoms. The minimum Gasteiger partial charge on any atom is -0.394 e. The molecule has 0 aromatic rings. The van der Waals surface area contributed by atoms with E-state index in [2.05, 4.69) is 0 Å². The van der Waals surface area contributed by atoms with Gasteiger partial charge in [0.05, 0.1) is 0 Å². The van der Waals surface area contributed by atoms with Gasteiger partial charge in [-0.15, -0.1) is 0 Å². The molecule has 0 aliphatic rings. The second kappa shape index (κ2) is 146. The van der Waals surface area contributed by atoms with Crippen LogP contribution in [0.3, 0.4) is 0 Å². The number of allylic oxidation sites excluding steroid dienone is 2. The largest absolute Gasteiger partial charge is 0.394 e. The standard InChI is InChI=1S/C4H4.3C2H6.Y/c1-3-4-2;3*1-2;/h1-4H;3*1-2H3;/q-2;;;;. The van der Waals surface area contributed by atoms with Crippen LogP contribution in [-0.2, 0) is 32.7 Å². The molecule has 0 nitrogen and oxygen atoms in total. The van der Waals surface area contributed by atoms with Crippen LogP contribution in [0.4, 0.5) is 0 Å². The molecule has 67 valence electrons. The van der Waals surface area contributed by atoms with Gasteiger partial charge in [-0.3, -0.25) is 0 Å². The number of rotatable bonds is 1. The summed E-state index contributed by atoms with van der Waals surface area (Å²) >= 11 is 0. The molecule has 0 fully saturated rings. The van der Waals surface area contributed by atoms with Gasteiger partial charge in [-0.1, -0.05) is 41.5 Å². The molecule has 0 heterocycles. The van der Waals surface area contributed by atoms with Gasteiger partial charge in [-0.05, 0) is 0 Å². The monoisotopic (exact) mass is 231 g/mol. The van der Waals surface area contributed by atoms with Crippen LogP contribution in [-0.4, -0.2) is 0 Å². The molecule has 0 amide bonds. The van der Waals surface area contributed by atoms with Crippen molar-refractivity contribution in [2.75, 3.05) is 0 Å². The average Bonchev–Trinajstić information content (AvgIpc) is 2.14. The summed E-state index contributed by atoms with van der Waals surface area (Å²) in [6.45, 7) is 21.4. The third-order valence-corrected chi connectivity index (χ3v) is 0.111. The van der Waals surface area contributed by atoms with E-state index in [0.29, 0.717) is 0 Å². The van der Waals surface area contributed by atoms with Crippen molar-refractivity contribution in [1.29, 1.82) is 0 Å². The fourth-order valence-electron chi connectivity index (χ4n) is 0. The molecule has 0 rings (SSSR count). The molecule has 0 aliphatic carbocycles. The second-order valence-corrected chi connectivity index (χ2v) is 0.385. The zero-order chi connectivity index (χ0) is 9.41. The molecule has 1 radical (unpaired) electrons. The van der Waals surface area contributed by atoms with E-state index in [9.17, 15) is 0 Å². The summed E-state index contributed by atoms with van der Waals surface area (Å²) < 4.78 is 0. The molecule has 0 saturated carbocycles. The van der Waals surface area contributed by atoms with Gasteiger partial charge < -0.3 is 25.3 Å². The quantitative estimate of drug-likeness (QED) is 0.472. The Morgan fingerprint density at radius 2 is 0.727 bits per heavy atom. The molecule has 11 heavy (non-hydrogen) atoms. The second-order valence-electron chi connectivity index (χ2n) is 0.385. The zero-order valence-corrected chi connectivity index (χ0v) is 11.7. The van der Waals surface area contributed by atoms with Crippen LogP contribution in [0.2, 0.25) is 0 Å². The predicted molar refractivity (Wildman–Crippen MR) is 51.8 cm³/mol. The smallest absolute Gasteiger partial charge is 0 e. The summed E-state index contributed by atoms with van der Waals surface area (Å²) in [4.78, 5) is 0. The van der Waals surface area contributed by atoms with E-state index in [0.717, 1.165) is 0 Å². The van der Waals surface area contributed by atoms with E-state index in [-0.39, 0.29) is 32.7 Å². The topological polar surface area (TPSA) is 0 Å².